The summed E-state index contributed by atoms with van der Waals surface area (Å²) in [5.41, 5.74) is 4.85. The van der Waals surface area contributed by atoms with Gasteiger partial charge in [-0.2, -0.15) is 0 Å². The molecule has 1 aliphatic rings. The number of hydrogen-bond donors (Lipinski definition) is 1. The van der Waals surface area contributed by atoms with E-state index in [0.717, 1.165) is 42.9 Å². The lowest BCUT2D eigenvalue weighted by molar-refractivity contribution is -0.134. The Morgan fingerprint density at radius 2 is 1.82 bits per heavy atom. The monoisotopic (exact) mass is 461 g/mol. The van der Waals surface area contributed by atoms with Crippen molar-refractivity contribution in [2.45, 2.75) is 58.0 Å². The number of likely N-dealkylation sites (tertiary alicyclic amines) is 1. The molecule has 2 heterocycles. The van der Waals surface area contributed by atoms with Crippen molar-refractivity contribution in [2.75, 3.05) is 6.54 Å². The van der Waals surface area contributed by atoms with Crippen LogP contribution in [0.5, 0.6) is 0 Å². The van der Waals surface area contributed by atoms with E-state index in [1.54, 1.807) is 11.3 Å². The Labute approximate surface area is 199 Å². The molecule has 0 aliphatic carbocycles. The molecule has 0 bridgehead atoms. The smallest absolute Gasteiger partial charge is 0.223 e. The van der Waals surface area contributed by atoms with Crippen LogP contribution in [-0.2, 0) is 29.0 Å². The first-order chi connectivity index (χ1) is 16.1. The second-order valence-electron chi connectivity index (χ2n) is 8.46. The Bertz CT molecular complexity index is 1080. The van der Waals surface area contributed by atoms with E-state index in [1.807, 2.05) is 23.1 Å². The standard InChI is InChI=1S/C27H31N3O2S/c1-2-20-9-6-7-12-22(20)17-23-19-33-26(29-23)18-28-25(31)14-15-27(32)30-16-8-13-24(30)21-10-4-3-5-11-21/h3-7,9-12,19,24H,2,8,13-18H2,1H3,(H,28,31). The fourth-order valence-electron chi connectivity index (χ4n) is 4.49. The number of benzene rings is 2. The van der Waals surface area contributed by atoms with Gasteiger partial charge in [0.15, 0.2) is 0 Å². The number of hydrogen-bond acceptors (Lipinski definition) is 4. The first kappa shape index (κ1) is 23.2. The second-order valence-corrected chi connectivity index (χ2v) is 9.41. The summed E-state index contributed by atoms with van der Waals surface area (Å²) in [6.45, 7) is 3.34. The molecule has 5 nitrogen and oxygen atoms in total. The highest BCUT2D eigenvalue weighted by Crippen LogP contribution is 2.32. The number of nitrogens with zero attached hydrogens (tertiary/aromatic N) is 2. The number of amides is 2. The van der Waals surface area contributed by atoms with E-state index in [4.69, 9.17) is 0 Å². The molecule has 172 valence electrons. The summed E-state index contributed by atoms with van der Waals surface area (Å²) in [6, 6.07) is 18.7. The van der Waals surface area contributed by atoms with E-state index in [9.17, 15) is 9.59 Å². The number of aromatic nitrogens is 1. The zero-order valence-corrected chi connectivity index (χ0v) is 19.9. The number of thiazole rings is 1. The maximum atomic E-state index is 12.8. The summed E-state index contributed by atoms with van der Waals surface area (Å²) in [4.78, 5) is 31.8. The molecule has 1 N–H and O–H groups in total. The van der Waals surface area contributed by atoms with Gasteiger partial charge in [0.25, 0.3) is 0 Å². The van der Waals surface area contributed by atoms with Crippen molar-refractivity contribution in [3.05, 3.63) is 87.4 Å². The van der Waals surface area contributed by atoms with Crippen molar-refractivity contribution in [3.8, 4) is 0 Å². The van der Waals surface area contributed by atoms with Gasteiger partial charge in [0.2, 0.25) is 11.8 Å². The van der Waals surface area contributed by atoms with Crippen LogP contribution < -0.4 is 5.32 Å². The topological polar surface area (TPSA) is 62.3 Å². The number of carbonyl (C=O) groups excluding carboxylic acids is 2. The van der Waals surface area contributed by atoms with Crippen LogP contribution in [0.25, 0.3) is 0 Å². The van der Waals surface area contributed by atoms with Crippen molar-refractivity contribution in [1.82, 2.24) is 15.2 Å². The van der Waals surface area contributed by atoms with Gasteiger partial charge in [-0.15, -0.1) is 11.3 Å². The van der Waals surface area contributed by atoms with Crippen LogP contribution in [-0.4, -0.2) is 28.2 Å². The fraction of sp³-hybridized carbons (Fsp3) is 0.370. The van der Waals surface area contributed by atoms with Crippen molar-refractivity contribution in [3.63, 3.8) is 0 Å². The van der Waals surface area contributed by atoms with Crippen LogP contribution >= 0.6 is 11.3 Å². The maximum absolute atomic E-state index is 12.8. The molecule has 2 aromatic carbocycles. The lowest BCUT2D eigenvalue weighted by Crippen LogP contribution is -2.32. The van der Waals surface area contributed by atoms with Crippen LogP contribution in [0.3, 0.4) is 0 Å². The summed E-state index contributed by atoms with van der Waals surface area (Å²) in [5.74, 6) is -0.0467. The Hall–Kier alpha value is -2.99. The van der Waals surface area contributed by atoms with Crippen molar-refractivity contribution < 1.29 is 9.59 Å². The minimum atomic E-state index is -0.105. The fourth-order valence-corrected chi connectivity index (χ4v) is 5.23. The third kappa shape index (κ3) is 6.08. The third-order valence-corrected chi connectivity index (χ3v) is 7.13. The highest BCUT2D eigenvalue weighted by molar-refractivity contribution is 7.09. The number of aryl methyl sites for hydroxylation is 1. The van der Waals surface area contributed by atoms with E-state index >= 15 is 0 Å². The lowest BCUT2D eigenvalue weighted by Gasteiger charge is -2.25. The van der Waals surface area contributed by atoms with Crippen LogP contribution in [0.2, 0.25) is 0 Å². The number of carbonyl (C=O) groups is 2. The average molecular weight is 462 g/mol. The molecule has 0 radical (unpaired) electrons. The largest absolute Gasteiger partial charge is 0.350 e. The molecule has 1 atom stereocenters. The Kier molecular flexibility index (Phi) is 7.89. The predicted octanol–water partition coefficient (Wildman–Crippen LogP) is 5.06. The number of rotatable bonds is 9. The van der Waals surface area contributed by atoms with Gasteiger partial charge in [0.05, 0.1) is 18.3 Å². The normalized spacial score (nSPS) is 15.5. The Morgan fingerprint density at radius 3 is 2.61 bits per heavy atom. The minimum absolute atomic E-state index is 0.0580. The highest BCUT2D eigenvalue weighted by atomic mass is 32.1. The summed E-state index contributed by atoms with van der Waals surface area (Å²) in [6.07, 6.45) is 4.25. The predicted molar refractivity (Wildman–Crippen MR) is 132 cm³/mol. The van der Waals surface area contributed by atoms with Crippen LogP contribution in [0.1, 0.15) is 66.0 Å². The first-order valence-corrected chi connectivity index (χ1v) is 12.6. The summed E-state index contributed by atoms with van der Waals surface area (Å²) < 4.78 is 0. The van der Waals surface area contributed by atoms with Gasteiger partial charge in [-0.25, -0.2) is 4.98 Å². The van der Waals surface area contributed by atoms with Crippen LogP contribution in [0.15, 0.2) is 60.0 Å². The summed E-state index contributed by atoms with van der Waals surface area (Å²) in [7, 11) is 0. The first-order valence-electron chi connectivity index (χ1n) is 11.7. The lowest BCUT2D eigenvalue weighted by atomic mass is 10.0. The molecule has 0 saturated carbocycles. The van der Waals surface area contributed by atoms with E-state index in [2.05, 4.69) is 59.0 Å². The zero-order valence-electron chi connectivity index (χ0n) is 19.1. The van der Waals surface area contributed by atoms with Crippen molar-refractivity contribution in [1.29, 1.82) is 0 Å². The minimum Gasteiger partial charge on any atom is -0.350 e. The quantitative estimate of drug-likeness (QED) is 0.485. The van der Waals surface area contributed by atoms with Gasteiger partial charge >= 0.3 is 0 Å². The molecule has 4 rings (SSSR count). The molecule has 33 heavy (non-hydrogen) atoms. The van der Waals surface area contributed by atoms with Crippen LogP contribution in [0, 0.1) is 0 Å². The molecule has 1 aromatic heterocycles. The van der Waals surface area contributed by atoms with E-state index in [0.29, 0.717) is 6.54 Å². The SMILES string of the molecule is CCc1ccccc1Cc1csc(CNC(=O)CCC(=O)N2CCCC2c2ccccc2)n1. The Balaban J connectivity index is 1.23. The van der Waals surface area contributed by atoms with Gasteiger partial charge in [-0.05, 0) is 36.0 Å². The summed E-state index contributed by atoms with van der Waals surface area (Å²) >= 11 is 1.57. The van der Waals surface area contributed by atoms with Gasteiger partial charge in [0.1, 0.15) is 5.01 Å². The van der Waals surface area contributed by atoms with E-state index < -0.39 is 0 Å². The third-order valence-electron chi connectivity index (χ3n) is 6.23. The molecule has 1 saturated heterocycles. The van der Waals surface area contributed by atoms with Crippen molar-refractivity contribution >= 4 is 23.2 Å². The van der Waals surface area contributed by atoms with Crippen molar-refractivity contribution in [2.24, 2.45) is 0 Å². The highest BCUT2D eigenvalue weighted by Gasteiger charge is 2.29. The molecule has 2 amide bonds. The van der Waals surface area contributed by atoms with E-state index in [-0.39, 0.29) is 30.7 Å². The zero-order chi connectivity index (χ0) is 23.0. The molecule has 1 unspecified atom stereocenters. The van der Waals surface area contributed by atoms with Gasteiger partial charge in [0, 0.05) is 31.2 Å². The molecule has 1 aliphatic heterocycles. The number of nitrogens with one attached hydrogen (secondary N) is 1. The second kappa shape index (κ2) is 11.2. The molecule has 3 aromatic rings. The van der Waals surface area contributed by atoms with Gasteiger partial charge < -0.3 is 10.2 Å². The molecule has 1 fully saturated rings. The van der Waals surface area contributed by atoms with E-state index in [1.165, 1.54) is 16.7 Å². The molecular formula is C27H31N3O2S. The molecule has 6 heteroatoms. The average Bonchev–Trinajstić information content (AvgIpc) is 3.52. The van der Waals surface area contributed by atoms with Gasteiger partial charge in [-0.3, -0.25) is 9.59 Å². The molecular weight excluding hydrogens is 430 g/mol. The Morgan fingerprint density at radius 1 is 1.06 bits per heavy atom. The summed E-state index contributed by atoms with van der Waals surface area (Å²) in [5, 5.41) is 5.88. The maximum Gasteiger partial charge on any atom is 0.223 e. The molecule has 0 spiro atoms. The van der Waals surface area contributed by atoms with Gasteiger partial charge in [-0.1, -0.05) is 61.5 Å². The van der Waals surface area contributed by atoms with Crippen LogP contribution in [0.4, 0.5) is 0 Å².